The molecule has 0 atom stereocenters. The van der Waals surface area contributed by atoms with Crippen LogP contribution in [0.5, 0.6) is 5.75 Å². The van der Waals surface area contributed by atoms with Crippen LogP contribution in [0.2, 0.25) is 0 Å². The van der Waals surface area contributed by atoms with Crippen LogP contribution in [0.15, 0.2) is 54.9 Å². The summed E-state index contributed by atoms with van der Waals surface area (Å²) < 4.78 is 18.8. The van der Waals surface area contributed by atoms with Crippen LogP contribution in [0.1, 0.15) is 47.7 Å². The first-order valence-corrected chi connectivity index (χ1v) is 9.44. The van der Waals surface area contributed by atoms with Crippen LogP contribution in [-0.2, 0) is 6.42 Å². The van der Waals surface area contributed by atoms with E-state index in [-0.39, 0.29) is 11.3 Å². The topological polar surface area (TPSA) is 75.9 Å². The van der Waals surface area contributed by atoms with E-state index in [1.165, 1.54) is 25.0 Å². The van der Waals surface area contributed by atoms with Crippen molar-refractivity contribution in [1.29, 1.82) is 5.26 Å². The van der Waals surface area contributed by atoms with Gasteiger partial charge in [-0.05, 0) is 42.7 Å². The molecule has 2 aromatic carbocycles. The van der Waals surface area contributed by atoms with Gasteiger partial charge in [0.15, 0.2) is 5.82 Å². The molecule has 3 rings (SSSR count). The van der Waals surface area contributed by atoms with Gasteiger partial charge in [-0.15, -0.1) is 0 Å². The van der Waals surface area contributed by atoms with Crippen molar-refractivity contribution >= 4 is 5.97 Å². The molecule has 0 N–H and O–H groups in total. The van der Waals surface area contributed by atoms with Crippen molar-refractivity contribution in [1.82, 2.24) is 9.97 Å². The normalized spacial score (nSPS) is 10.4. The number of nitrogens with zero attached hydrogens (tertiary/aromatic N) is 3. The Labute approximate surface area is 168 Å². The zero-order chi connectivity index (χ0) is 20.6. The van der Waals surface area contributed by atoms with Gasteiger partial charge in [0.2, 0.25) is 0 Å². The highest BCUT2D eigenvalue weighted by Gasteiger charge is 2.11. The highest BCUT2D eigenvalue weighted by atomic mass is 19.1. The number of benzene rings is 2. The molecule has 0 aliphatic heterocycles. The third kappa shape index (κ3) is 5.23. The molecule has 0 saturated heterocycles. The molecule has 0 radical (unpaired) electrons. The fourth-order valence-corrected chi connectivity index (χ4v) is 2.78. The third-order valence-electron chi connectivity index (χ3n) is 4.42. The lowest BCUT2D eigenvalue weighted by Gasteiger charge is -2.06. The summed E-state index contributed by atoms with van der Waals surface area (Å²) in [5, 5.41) is 8.74. The van der Waals surface area contributed by atoms with Crippen LogP contribution in [0, 0.1) is 17.1 Å². The molecule has 0 unspecified atom stereocenters. The SMILES string of the molecule is CCCCCc1cnc(-c2ccc(C(=O)Oc3ccc(C#N)c(F)c3)cc2)nc1. The molecular weight excluding hydrogens is 369 g/mol. The smallest absolute Gasteiger partial charge is 0.343 e. The Morgan fingerprint density at radius 2 is 1.83 bits per heavy atom. The lowest BCUT2D eigenvalue weighted by Crippen LogP contribution is -2.08. The van der Waals surface area contributed by atoms with E-state index < -0.39 is 11.8 Å². The maximum absolute atomic E-state index is 13.6. The van der Waals surface area contributed by atoms with Crippen LogP contribution in [-0.4, -0.2) is 15.9 Å². The minimum Gasteiger partial charge on any atom is -0.423 e. The summed E-state index contributed by atoms with van der Waals surface area (Å²) in [6.07, 6.45) is 8.12. The Morgan fingerprint density at radius 1 is 1.10 bits per heavy atom. The van der Waals surface area contributed by atoms with Crippen LogP contribution in [0.25, 0.3) is 11.4 Å². The van der Waals surface area contributed by atoms with Gasteiger partial charge in [0.25, 0.3) is 0 Å². The van der Waals surface area contributed by atoms with Gasteiger partial charge in [0.1, 0.15) is 17.6 Å². The number of unbranched alkanes of at least 4 members (excludes halogenated alkanes) is 2. The number of aromatic nitrogens is 2. The standard InChI is InChI=1S/C23H20FN3O2/c1-2-3-4-5-16-14-26-22(27-15-16)17-6-8-18(9-7-17)23(28)29-20-11-10-19(13-25)21(24)12-20/h6-12,14-15H,2-5H2,1H3. The van der Waals surface area contributed by atoms with E-state index >= 15 is 0 Å². The van der Waals surface area contributed by atoms with Gasteiger partial charge >= 0.3 is 5.97 Å². The monoisotopic (exact) mass is 389 g/mol. The fraction of sp³-hybridized carbons (Fsp3) is 0.217. The van der Waals surface area contributed by atoms with E-state index in [0.717, 1.165) is 30.0 Å². The first-order valence-electron chi connectivity index (χ1n) is 9.44. The molecule has 0 aliphatic rings. The summed E-state index contributed by atoms with van der Waals surface area (Å²) in [6.45, 7) is 2.17. The van der Waals surface area contributed by atoms with Crippen LogP contribution in [0.4, 0.5) is 4.39 Å². The quantitative estimate of drug-likeness (QED) is 0.319. The third-order valence-corrected chi connectivity index (χ3v) is 4.42. The van der Waals surface area contributed by atoms with Gasteiger partial charge in [-0.25, -0.2) is 19.2 Å². The highest BCUT2D eigenvalue weighted by molar-refractivity contribution is 5.91. The zero-order valence-corrected chi connectivity index (χ0v) is 16.1. The van der Waals surface area contributed by atoms with E-state index in [4.69, 9.17) is 10.00 Å². The second-order valence-corrected chi connectivity index (χ2v) is 6.59. The summed E-state index contributed by atoms with van der Waals surface area (Å²) in [7, 11) is 0. The van der Waals surface area contributed by atoms with Gasteiger partial charge in [0, 0.05) is 24.0 Å². The lowest BCUT2D eigenvalue weighted by molar-refractivity contribution is 0.0734. The van der Waals surface area contributed by atoms with E-state index in [1.54, 1.807) is 30.3 Å². The van der Waals surface area contributed by atoms with E-state index in [2.05, 4.69) is 16.9 Å². The van der Waals surface area contributed by atoms with Gasteiger partial charge < -0.3 is 4.74 Å². The van der Waals surface area contributed by atoms with E-state index in [9.17, 15) is 9.18 Å². The van der Waals surface area contributed by atoms with Crippen molar-refractivity contribution in [2.45, 2.75) is 32.6 Å². The number of carbonyl (C=O) groups is 1. The van der Waals surface area contributed by atoms with Crippen molar-refractivity contribution in [2.75, 3.05) is 0 Å². The fourth-order valence-electron chi connectivity index (χ4n) is 2.78. The van der Waals surface area contributed by atoms with Crippen molar-refractivity contribution in [2.24, 2.45) is 0 Å². The predicted molar refractivity (Wildman–Crippen MR) is 107 cm³/mol. The molecular formula is C23H20FN3O2. The molecule has 0 bridgehead atoms. The van der Waals surface area contributed by atoms with Crippen molar-refractivity contribution in [3.8, 4) is 23.2 Å². The summed E-state index contributed by atoms with van der Waals surface area (Å²) in [6, 6.07) is 12.1. The second-order valence-electron chi connectivity index (χ2n) is 6.59. The van der Waals surface area contributed by atoms with Gasteiger partial charge in [-0.3, -0.25) is 0 Å². The summed E-state index contributed by atoms with van der Waals surface area (Å²) in [5.74, 6) is -0.729. The summed E-state index contributed by atoms with van der Waals surface area (Å²) in [5.41, 5.74) is 2.10. The van der Waals surface area contributed by atoms with Crippen molar-refractivity contribution in [3.63, 3.8) is 0 Å². The van der Waals surface area contributed by atoms with Gasteiger partial charge in [0.05, 0.1) is 11.1 Å². The largest absolute Gasteiger partial charge is 0.423 e. The molecule has 5 nitrogen and oxygen atoms in total. The zero-order valence-electron chi connectivity index (χ0n) is 16.1. The molecule has 1 heterocycles. The number of hydrogen-bond donors (Lipinski definition) is 0. The Bertz CT molecular complexity index is 1030. The predicted octanol–water partition coefficient (Wildman–Crippen LogP) is 5.11. The Kier molecular flexibility index (Phi) is 6.64. The first-order chi connectivity index (χ1) is 14.1. The second kappa shape index (κ2) is 9.56. The average Bonchev–Trinajstić information content (AvgIpc) is 2.75. The number of carbonyl (C=O) groups excluding carboxylic acids is 1. The maximum Gasteiger partial charge on any atom is 0.343 e. The molecule has 0 aliphatic carbocycles. The molecule has 0 fully saturated rings. The lowest BCUT2D eigenvalue weighted by atomic mass is 10.1. The Balaban J connectivity index is 1.65. The number of nitriles is 1. The van der Waals surface area contributed by atoms with Gasteiger partial charge in [-0.1, -0.05) is 31.9 Å². The minimum absolute atomic E-state index is 0.0394. The number of halogens is 1. The van der Waals surface area contributed by atoms with Crippen LogP contribution in [0.3, 0.4) is 0 Å². The van der Waals surface area contributed by atoms with Crippen LogP contribution < -0.4 is 4.74 Å². The number of aryl methyl sites for hydroxylation is 1. The number of ether oxygens (including phenoxy) is 1. The minimum atomic E-state index is -0.733. The van der Waals surface area contributed by atoms with Crippen molar-refractivity contribution < 1.29 is 13.9 Å². The number of esters is 1. The van der Waals surface area contributed by atoms with Crippen LogP contribution >= 0.6 is 0 Å². The number of rotatable bonds is 7. The summed E-state index contributed by atoms with van der Waals surface area (Å²) >= 11 is 0. The molecule has 29 heavy (non-hydrogen) atoms. The molecule has 6 heteroatoms. The number of hydrogen-bond acceptors (Lipinski definition) is 5. The molecule has 0 spiro atoms. The highest BCUT2D eigenvalue weighted by Crippen LogP contribution is 2.20. The maximum atomic E-state index is 13.6. The Hall–Kier alpha value is -3.59. The molecule has 0 amide bonds. The van der Waals surface area contributed by atoms with Crippen molar-refractivity contribution in [3.05, 3.63) is 77.4 Å². The molecule has 146 valence electrons. The first kappa shape index (κ1) is 20.2. The van der Waals surface area contributed by atoms with E-state index in [0.29, 0.717) is 11.4 Å². The Morgan fingerprint density at radius 3 is 2.45 bits per heavy atom. The van der Waals surface area contributed by atoms with E-state index in [1.807, 2.05) is 12.4 Å². The molecule has 1 aromatic heterocycles. The summed E-state index contributed by atoms with van der Waals surface area (Å²) in [4.78, 5) is 21.1. The van der Waals surface area contributed by atoms with Gasteiger partial charge in [-0.2, -0.15) is 5.26 Å². The average molecular weight is 389 g/mol. The molecule has 0 saturated carbocycles. The molecule has 3 aromatic rings.